The zero-order valence-corrected chi connectivity index (χ0v) is 16.3. The fraction of sp³-hybridized carbons (Fsp3) is 0.368. The predicted octanol–water partition coefficient (Wildman–Crippen LogP) is 2.48. The Morgan fingerprint density at radius 1 is 1.31 bits per heavy atom. The molecule has 0 aromatic heterocycles. The minimum atomic E-state index is -0.573. The molecule has 3 amide bonds. The number of aliphatic imine (C=N–C) groups is 1. The van der Waals surface area contributed by atoms with Crippen LogP contribution in [0.4, 0.5) is 4.79 Å². The molecule has 2 aliphatic heterocycles. The van der Waals surface area contributed by atoms with Crippen molar-refractivity contribution in [2.75, 3.05) is 19.8 Å². The minimum Gasteiger partial charge on any atom is -0.269 e. The molecule has 3 rings (SSSR count). The number of amidine groups is 2. The van der Waals surface area contributed by atoms with Crippen molar-refractivity contribution in [3.05, 3.63) is 47.5 Å². The molecule has 0 bridgehead atoms. The summed E-state index contributed by atoms with van der Waals surface area (Å²) in [5.41, 5.74) is 3.30. The maximum atomic E-state index is 12.8. The first-order chi connectivity index (χ1) is 12.3. The Balaban J connectivity index is 2.01. The summed E-state index contributed by atoms with van der Waals surface area (Å²) in [6.45, 7) is 8.50. The molecule has 26 heavy (non-hydrogen) atoms. The second-order valence-electron chi connectivity index (χ2n) is 6.76. The Hall–Kier alpha value is -2.41. The molecule has 7 heteroatoms. The highest BCUT2D eigenvalue weighted by atomic mass is 32.2. The van der Waals surface area contributed by atoms with Crippen LogP contribution in [-0.4, -0.2) is 63.2 Å². The van der Waals surface area contributed by atoms with E-state index in [2.05, 4.69) is 17.6 Å². The molecule has 0 radical (unpaired) electrons. The normalized spacial score (nSPS) is 19.8. The van der Waals surface area contributed by atoms with Gasteiger partial charge < -0.3 is 0 Å². The van der Waals surface area contributed by atoms with Gasteiger partial charge in [0, 0.05) is 19.8 Å². The first-order valence-corrected chi connectivity index (χ1v) is 9.38. The van der Waals surface area contributed by atoms with Gasteiger partial charge in [0.2, 0.25) is 0 Å². The van der Waals surface area contributed by atoms with Crippen molar-refractivity contribution in [3.63, 3.8) is 0 Å². The molecule has 0 aliphatic carbocycles. The summed E-state index contributed by atoms with van der Waals surface area (Å²) >= 11 is 1.54. The van der Waals surface area contributed by atoms with Crippen LogP contribution in [-0.2, 0) is 11.3 Å². The first kappa shape index (κ1) is 18.4. The predicted molar refractivity (Wildman–Crippen MR) is 105 cm³/mol. The van der Waals surface area contributed by atoms with E-state index in [1.54, 1.807) is 18.8 Å². The largest absolute Gasteiger partial charge is 0.358 e. The second-order valence-corrected chi connectivity index (χ2v) is 7.70. The summed E-state index contributed by atoms with van der Waals surface area (Å²) in [7, 11) is 3.18. The summed E-state index contributed by atoms with van der Waals surface area (Å²) in [4.78, 5) is 32.4. The Kier molecular flexibility index (Phi) is 5.00. The molecule has 6 nitrogen and oxygen atoms in total. The molecular weight excluding hydrogens is 348 g/mol. The number of nitrogens with zero attached hydrogens (tertiary/aromatic N) is 4. The number of fused-ring (bicyclic) bond motifs is 1. The number of rotatable bonds is 4. The summed E-state index contributed by atoms with van der Waals surface area (Å²) in [5, 5.41) is 0.748. The van der Waals surface area contributed by atoms with Crippen molar-refractivity contribution in [2.24, 2.45) is 4.99 Å². The number of amides is 3. The molecule has 1 aromatic carbocycles. The van der Waals surface area contributed by atoms with Gasteiger partial charge in [-0.25, -0.2) is 9.37 Å². The molecule has 1 saturated heterocycles. The van der Waals surface area contributed by atoms with Crippen molar-refractivity contribution < 1.29 is 14.2 Å². The lowest BCUT2D eigenvalue weighted by atomic mass is 10.1. The number of hydrogen-bond acceptors (Lipinski definition) is 4. The SMILES string of the molecule is C=C(C)CSC1=[N+](Cc2cccc(C)c2)C2C(=O)N(C)C(=O)N(C)C2=N1. The summed E-state index contributed by atoms with van der Waals surface area (Å²) in [6.07, 6.45) is 0. The van der Waals surface area contributed by atoms with Crippen LogP contribution in [0, 0.1) is 6.92 Å². The maximum Gasteiger partial charge on any atom is 0.358 e. The molecule has 1 aromatic rings. The van der Waals surface area contributed by atoms with Gasteiger partial charge in [-0.2, -0.15) is 0 Å². The number of urea groups is 1. The molecule has 136 valence electrons. The monoisotopic (exact) mass is 371 g/mol. The third-order valence-corrected chi connectivity index (χ3v) is 5.60. The van der Waals surface area contributed by atoms with Crippen LogP contribution in [0.5, 0.6) is 0 Å². The number of hydrogen-bond donors (Lipinski definition) is 0. The van der Waals surface area contributed by atoms with Crippen molar-refractivity contribution in [3.8, 4) is 0 Å². The average Bonchev–Trinajstić information content (AvgIpc) is 2.95. The summed E-state index contributed by atoms with van der Waals surface area (Å²) in [6, 6.07) is 7.26. The molecule has 1 fully saturated rings. The van der Waals surface area contributed by atoms with E-state index < -0.39 is 6.04 Å². The lowest BCUT2D eigenvalue weighted by Gasteiger charge is -2.30. The van der Waals surface area contributed by atoms with Gasteiger partial charge in [0.05, 0.1) is 0 Å². The van der Waals surface area contributed by atoms with Gasteiger partial charge in [-0.15, -0.1) is 0 Å². The van der Waals surface area contributed by atoms with E-state index in [9.17, 15) is 9.59 Å². The van der Waals surface area contributed by atoms with Crippen LogP contribution < -0.4 is 0 Å². The van der Waals surface area contributed by atoms with Crippen LogP contribution in [0.2, 0.25) is 0 Å². The maximum absolute atomic E-state index is 12.8. The van der Waals surface area contributed by atoms with Crippen molar-refractivity contribution in [1.82, 2.24) is 9.80 Å². The minimum absolute atomic E-state index is 0.245. The Morgan fingerprint density at radius 2 is 2.04 bits per heavy atom. The van der Waals surface area contributed by atoms with Crippen LogP contribution in [0.1, 0.15) is 18.1 Å². The highest BCUT2D eigenvalue weighted by molar-refractivity contribution is 8.13. The zero-order chi connectivity index (χ0) is 19.0. The van der Waals surface area contributed by atoms with E-state index in [1.165, 1.54) is 22.4 Å². The fourth-order valence-corrected chi connectivity index (χ4v) is 3.91. The summed E-state index contributed by atoms with van der Waals surface area (Å²) < 4.78 is 1.99. The van der Waals surface area contributed by atoms with Crippen molar-refractivity contribution in [2.45, 2.75) is 26.4 Å². The molecule has 1 unspecified atom stereocenters. The number of benzene rings is 1. The van der Waals surface area contributed by atoms with Crippen LogP contribution >= 0.6 is 11.8 Å². The fourth-order valence-electron chi connectivity index (χ4n) is 3.05. The Bertz CT molecular complexity index is 859. The van der Waals surface area contributed by atoms with Crippen LogP contribution in [0.3, 0.4) is 0 Å². The first-order valence-electron chi connectivity index (χ1n) is 8.39. The van der Waals surface area contributed by atoms with Gasteiger partial charge in [-0.05, 0) is 36.2 Å². The molecular formula is C19H23N4O2S+. The quantitative estimate of drug-likeness (QED) is 0.604. The smallest absolute Gasteiger partial charge is 0.269 e. The van der Waals surface area contributed by atoms with Crippen LogP contribution in [0.25, 0.3) is 0 Å². The molecule has 2 heterocycles. The number of carbonyl (C=O) groups excluding carboxylic acids is 2. The molecule has 0 saturated carbocycles. The Labute approximate surface area is 157 Å². The van der Waals surface area contributed by atoms with E-state index >= 15 is 0 Å². The van der Waals surface area contributed by atoms with E-state index in [1.807, 2.05) is 36.6 Å². The highest BCUT2D eigenvalue weighted by Gasteiger charge is 2.53. The summed E-state index contributed by atoms with van der Waals surface area (Å²) in [5.74, 6) is 0.964. The van der Waals surface area contributed by atoms with Crippen LogP contribution in [0.15, 0.2) is 41.4 Å². The standard InChI is InChI=1S/C19H23N4O2S/c1-12(2)11-26-18-20-16-15(17(24)22(5)19(25)21(16)4)23(18)10-14-8-6-7-13(3)9-14/h6-9,15H,1,10-11H2,2-5H3/q+1. The molecule has 0 spiro atoms. The van der Waals surface area contributed by atoms with E-state index in [0.29, 0.717) is 18.1 Å². The number of aryl methyl sites for hydroxylation is 1. The third kappa shape index (κ3) is 3.31. The third-order valence-electron chi connectivity index (χ3n) is 4.38. The number of carbonyl (C=O) groups is 2. The molecule has 0 N–H and O–H groups in total. The highest BCUT2D eigenvalue weighted by Crippen LogP contribution is 2.25. The molecule has 1 atom stereocenters. The zero-order valence-electron chi connectivity index (χ0n) is 15.5. The van der Waals surface area contributed by atoms with E-state index in [0.717, 1.165) is 16.3 Å². The van der Waals surface area contributed by atoms with Crippen molar-refractivity contribution >= 4 is 34.7 Å². The van der Waals surface area contributed by atoms with Gasteiger partial charge in [0.1, 0.15) is 6.54 Å². The topological polar surface area (TPSA) is 56.0 Å². The Morgan fingerprint density at radius 3 is 2.69 bits per heavy atom. The van der Waals surface area contributed by atoms with Gasteiger partial charge in [-0.1, -0.05) is 42.0 Å². The number of likely N-dealkylation sites (N-methyl/N-ethyl adjacent to an activating group) is 2. The van der Waals surface area contributed by atoms with Gasteiger partial charge in [0.15, 0.2) is 0 Å². The van der Waals surface area contributed by atoms with Gasteiger partial charge in [0.25, 0.3) is 17.8 Å². The van der Waals surface area contributed by atoms with E-state index in [-0.39, 0.29) is 11.9 Å². The second kappa shape index (κ2) is 7.07. The number of imide groups is 1. The molecule has 2 aliphatic rings. The van der Waals surface area contributed by atoms with Crippen molar-refractivity contribution in [1.29, 1.82) is 0 Å². The van der Waals surface area contributed by atoms with E-state index in [4.69, 9.17) is 0 Å². The lowest BCUT2D eigenvalue weighted by Crippen LogP contribution is -2.61. The number of thioether (sulfide) groups is 1. The van der Waals surface area contributed by atoms with Gasteiger partial charge in [-0.3, -0.25) is 14.6 Å². The lowest BCUT2D eigenvalue weighted by molar-refractivity contribution is -0.548. The average molecular weight is 371 g/mol. The van der Waals surface area contributed by atoms with Gasteiger partial charge >= 0.3 is 11.2 Å².